The maximum absolute atomic E-state index is 13.7. The Balaban J connectivity index is 2.24. The number of furan rings is 1. The third kappa shape index (κ3) is 2.79. The summed E-state index contributed by atoms with van der Waals surface area (Å²) in [5.41, 5.74) is -0.00898. The first kappa shape index (κ1) is 13.6. The molecule has 0 N–H and O–H groups in total. The first-order valence-electron chi connectivity index (χ1n) is 5.76. The molecule has 0 bridgehead atoms. The Labute approximate surface area is 115 Å². The number of rotatable bonds is 3. The summed E-state index contributed by atoms with van der Waals surface area (Å²) in [6.07, 6.45) is 1.53. The average molecular weight is 282 g/mol. The largest absolute Gasteiger partial charge is 0.467 e. The summed E-state index contributed by atoms with van der Waals surface area (Å²) in [5.74, 6) is -0.403. The Bertz CT molecular complexity index is 583. The van der Waals surface area contributed by atoms with Crippen LogP contribution in [0.25, 0.3) is 0 Å². The van der Waals surface area contributed by atoms with E-state index in [1.54, 1.807) is 19.2 Å². The van der Waals surface area contributed by atoms with Crippen molar-refractivity contribution in [1.29, 1.82) is 0 Å². The van der Waals surface area contributed by atoms with Gasteiger partial charge >= 0.3 is 0 Å². The van der Waals surface area contributed by atoms with Crippen LogP contribution in [0.3, 0.4) is 0 Å². The van der Waals surface area contributed by atoms with Crippen LogP contribution in [-0.4, -0.2) is 17.9 Å². The Hall–Kier alpha value is -1.81. The molecule has 0 radical (unpaired) electrons. The Morgan fingerprint density at radius 2 is 2.16 bits per heavy atom. The van der Waals surface area contributed by atoms with Crippen LogP contribution in [0.15, 0.2) is 41.0 Å². The maximum atomic E-state index is 13.7. The van der Waals surface area contributed by atoms with Crippen LogP contribution < -0.4 is 0 Å². The predicted molar refractivity (Wildman–Crippen MR) is 70.6 cm³/mol. The smallest absolute Gasteiger partial charge is 0.257 e. The van der Waals surface area contributed by atoms with E-state index in [0.717, 1.165) is 6.07 Å². The van der Waals surface area contributed by atoms with Crippen molar-refractivity contribution in [1.82, 2.24) is 4.90 Å². The number of hydrogen-bond acceptors (Lipinski definition) is 2. The van der Waals surface area contributed by atoms with Crippen molar-refractivity contribution in [2.75, 3.05) is 7.05 Å². The fourth-order valence-electron chi connectivity index (χ4n) is 1.75. The zero-order valence-electron chi connectivity index (χ0n) is 10.6. The average Bonchev–Trinajstić information content (AvgIpc) is 2.90. The molecule has 2 aromatic rings. The summed E-state index contributed by atoms with van der Waals surface area (Å²) in [4.78, 5) is 13.6. The Morgan fingerprint density at radius 3 is 2.74 bits per heavy atom. The summed E-state index contributed by atoms with van der Waals surface area (Å²) >= 11 is 5.67. The molecule has 1 atom stereocenters. The van der Waals surface area contributed by atoms with E-state index in [4.69, 9.17) is 16.0 Å². The fourth-order valence-corrected chi connectivity index (χ4v) is 1.91. The predicted octanol–water partition coefficient (Wildman–Crippen LogP) is 3.91. The molecular weight excluding hydrogens is 269 g/mol. The number of halogens is 2. The molecule has 2 rings (SSSR count). The van der Waals surface area contributed by atoms with E-state index in [2.05, 4.69) is 0 Å². The van der Waals surface area contributed by atoms with Crippen LogP contribution in [0.4, 0.5) is 4.39 Å². The monoisotopic (exact) mass is 281 g/mol. The molecule has 0 saturated carbocycles. The van der Waals surface area contributed by atoms with Crippen LogP contribution in [-0.2, 0) is 0 Å². The van der Waals surface area contributed by atoms with Gasteiger partial charge in [0.15, 0.2) is 0 Å². The van der Waals surface area contributed by atoms with Gasteiger partial charge < -0.3 is 9.32 Å². The fraction of sp³-hybridized carbons (Fsp3) is 0.214. The lowest BCUT2D eigenvalue weighted by Crippen LogP contribution is -2.30. The normalized spacial score (nSPS) is 12.2. The molecule has 0 fully saturated rings. The van der Waals surface area contributed by atoms with E-state index in [0.29, 0.717) is 5.76 Å². The van der Waals surface area contributed by atoms with Crippen LogP contribution in [0.1, 0.15) is 29.1 Å². The number of nitrogens with zero attached hydrogens (tertiary/aromatic N) is 1. The number of amides is 1. The third-order valence-corrected chi connectivity index (χ3v) is 3.25. The Morgan fingerprint density at radius 1 is 1.42 bits per heavy atom. The lowest BCUT2D eigenvalue weighted by molar-refractivity contribution is 0.0721. The minimum atomic E-state index is -0.629. The SMILES string of the molecule is CC(c1ccco1)N(C)C(=O)c1ccc(Cl)cc1F. The summed E-state index contributed by atoms with van der Waals surface area (Å²) in [7, 11) is 1.60. The highest BCUT2D eigenvalue weighted by molar-refractivity contribution is 6.30. The second-order valence-electron chi connectivity index (χ2n) is 4.23. The molecule has 3 nitrogen and oxygen atoms in total. The second kappa shape index (κ2) is 5.45. The van der Waals surface area contributed by atoms with Crippen LogP contribution >= 0.6 is 11.6 Å². The highest BCUT2D eigenvalue weighted by Crippen LogP contribution is 2.23. The molecule has 1 aromatic heterocycles. The topological polar surface area (TPSA) is 33.5 Å². The van der Waals surface area contributed by atoms with E-state index in [-0.39, 0.29) is 16.6 Å². The second-order valence-corrected chi connectivity index (χ2v) is 4.67. The highest BCUT2D eigenvalue weighted by Gasteiger charge is 2.23. The van der Waals surface area contributed by atoms with Crippen LogP contribution in [0, 0.1) is 5.82 Å². The van der Waals surface area contributed by atoms with Gasteiger partial charge in [-0.25, -0.2) is 4.39 Å². The molecule has 0 aliphatic heterocycles. The summed E-state index contributed by atoms with van der Waals surface area (Å²) in [6, 6.07) is 7.23. The minimum absolute atomic E-state index is 0.00898. The van der Waals surface area contributed by atoms with E-state index in [1.807, 2.05) is 6.92 Å². The molecule has 0 saturated heterocycles. The Kier molecular flexibility index (Phi) is 3.90. The van der Waals surface area contributed by atoms with E-state index in [1.165, 1.54) is 23.3 Å². The molecule has 0 spiro atoms. The summed E-state index contributed by atoms with van der Waals surface area (Å²) in [5, 5.41) is 0.260. The van der Waals surface area contributed by atoms with E-state index < -0.39 is 11.7 Å². The molecule has 100 valence electrons. The van der Waals surface area contributed by atoms with Crippen molar-refractivity contribution in [3.8, 4) is 0 Å². The lowest BCUT2D eigenvalue weighted by atomic mass is 10.1. The standard InChI is InChI=1S/C14H13ClFNO2/c1-9(13-4-3-7-19-13)17(2)14(18)11-6-5-10(15)8-12(11)16/h3-9H,1-2H3. The van der Waals surface area contributed by atoms with Gasteiger partial charge in [-0.15, -0.1) is 0 Å². The third-order valence-electron chi connectivity index (χ3n) is 3.02. The zero-order chi connectivity index (χ0) is 14.0. The van der Waals surface area contributed by atoms with Crippen LogP contribution in [0.2, 0.25) is 5.02 Å². The van der Waals surface area contributed by atoms with Gasteiger partial charge in [0, 0.05) is 12.1 Å². The molecule has 1 unspecified atom stereocenters. The van der Waals surface area contributed by atoms with Crippen molar-refractivity contribution < 1.29 is 13.6 Å². The number of carbonyl (C=O) groups is 1. The van der Waals surface area contributed by atoms with E-state index in [9.17, 15) is 9.18 Å². The minimum Gasteiger partial charge on any atom is -0.467 e. The van der Waals surface area contributed by atoms with Gasteiger partial charge in [0.05, 0.1) is 17.9 Å². The van der Waals surface area contributed by atoms with Gasteiger partial charge in [-0.1, -0.05) is 11.6 Å². The van der Waals surface area contributed by atoms with Crippen molar-refractivity contribution in [2.45, 2.75) is 13.0 Å². The molecule has 0 aliphatic rings. The van der Waals surface area contributed by atoms with Gasteiger partial charge in [-0.2, -0.15) is 0 Å². The molecule has 0 aliphatic carbocycles. The quantitative estimate of drug-likeness (QED) is 0.855. The van der Waals surface area contributed by atoms with Crippen molar-refractivity contribution in [3.05, 3.63) is 58.8 Å². The van der Waals surface area contributed by atoms with Crippen LogP contribution in [0.5, 0.6) is 0 Å². The lowest BCUT2D eigenvalue weighted by Gasteiger charge is -2.23. The van der Waals surface area contributed by atoms with Gasteiger partial charge in [-0.3, -0.25) is 4.79 Å². The zero-order valence-corrected chi connectivity index (χ0v) is 11.3. The molecule has 1 heterocycles. The van der Waals surface area contributed by atoms with Crippen molar-refractivity contribution in [3.63, 3.8) is 0 Å². The molecule has 1 aromatic carbocycles. The van der Waals surface area contributed by atoms with E-state index >= 15 is 0 Å². The number of hydrogen-bond donors (Lipinski definition) is 0. The molecular formula is C14H13ClFNO2. The number of benzene rings is 1. The summed E-state index contributed by atoms with van der Waals surface area (Å²) in [6.45, 7) is 1.81. The molecule has 5 heteroatoms. The van der Waals surface area contributed by atoms with Gasteiger partial charge in [0.2, 0.25) is 0 Å². The highest BCUT2D eigenvalue weighted by atomic mass is 35.5. The van der Waals surface area contributed by atoms with Gasteiger partial charge in [0.1, 0.15) is 11.6 Å². The van der Waals surface area contributed by atoms with Gasteiger partial charge in [-0.05, 0) is 37.3 Å². The van der Waals surface area contributed by atoms with Crippen molar-refractivity contribution >= 4 is 17.5 Å². The van der Waals surface area contributed by atoms with Gasteiger partial charge in [0.25, 0.3) is 5.91 Å². The molecule has 19 heavy (non-hydrogen) atoms. The van der Waals surface area contributed by atoms with Crippen molar-refractivity contribution in [2.24, 2.45) is 0 Å². The summed E-state index contributed by atoms with van der Waals surface area (Å²) < 4.78 is 19.0. The number of carbonyl (C=O) groups excluding carboxylic acids is 1. The molecule has 1 amide bonds. The maximum Gasteiger partial charge on any atom is 0.257 e. The first-order valence-corrected chi connectivity index (χ1v) is 6.14. The first-order chi connectivity index (χ1) is 9.00.